The molecule has 1 amide bonds. The van der Waals surface area contributed by atoms with Gasteiger partial charge in [-0.3, -0.25) is 4.90 Å². The highest BCUT2D eigenvalue weighted by Gasteiger charge is 2.11. The number of hydrogen-bond donors (Lipinski definition) is 2. The molecule has 1 rings (SSSR count). The quantitative estimate of drug-likeness (QED) is 0.679. The molecule has 0 aliphatic rings. The van der Waals surface area contributed by atoms with Gasteiger partial charge in [0.2, 0.25) is 0 Å². The van der Waals surface area contributed by atoms with Gasteiger partial charge in [-0.05, 0) is 18.6 Å². The van der Waals surface area contributed by atoms with Gasteiger partial charge in [-0.2, -0.15) is 0 Å². The number of pyridine rings is 1. The molecule has 0 spiro atoms. The Balaban J connectivity index is 3.08. The Bertz CT molecular complexity index is 338. The second kappa shape index (κ2) is 3.30. The van der Waals surface area contributed by atoms with Gasteiger partial charge in [-0.25, -0.2) is 9.78 Å². The molecule has 5 nitrogen and oxygen atoms in total. The predicted molar refractivity (Wildman–Crippen MR) is 49.8 cm³/mol. The maximum atomic E-state index is 10.6. The Morgan fingerprint density at radius 3 is 2.77 bits per heavy atom. The third kappa shape index (κ3) is 1.87. The van der Waals surface area contributed by atoms with E-state index in [1.54, 1.807) is 13.0 Å². The van der Waals surface area contributed by atoms with E-state index in [1.807, 2.05) is 0 Å². The summed E-state index contributed by atoms with van der Waals surface area (Å²) in [7, 11) is 1.44. The van der Waals surface area contributed by atoms with Crippen molar-refractivity contribution in [1.29, 1.82) is 0 Å². The van der Waals surface area contributed by atoms with Crippen LogP contribution in [-0.4, -0.2) is 23.2 Å². The number of amides is 1. The molecule has 5 heteroatoms. The van der Waals surface area contributed by atoms with Crippen LogP contribution in [0.2, 0.25) is 0 Å². The molecule has 0 saturated carbocycles. The minimum atomic E-state index is -1.04. The molecule has 1 heterocycles. The summed E-state index contributed by atoms with van der Waals surface area (Å²) >= 11 is 0. The third-order valence-corrected chi connectivity index (χ3v) is 1.68. The van der Waals surface area contributed by atoms with E-state index in [0.717, 1.165) is 10.5 Å². The number of nitrogens with two attached hydrogens (primary N) is 1. The Labute approximate surface area is 75.8 Å². The van der Waals surface area contributed by atoms with Crippen LogP contribution in [0.3, 0.4) is 0 Å². The van der Waals surface area contributed by atoms with Crippen molar-refractivity contribution in [3.05, 3.63) is 17.8 Å². The molecule has 0 aromatic carbocycles. The molecular formula is C8H11N3O2. The summed E-state index contributed by atoms with van der Waals surface area (Å²) in [4.78, 5) is 15.6. The summed E-state index contributed by atoms with van der Waals surface area (Å²) in [6.07, 6.45) is 0.391. The van der Waals surface area contributed by atoms with Crippen molar-refractivity contribution in [2.75, 3.05) is 17.7 Å². The van der Waals surface area contributed by atoms with Crippen LogP contribution in [0.25, 0.3) is 0 Å². The molecule has 0 radical (unpaired) electrons. The standard InChI is InChI=1S/C8H11N3O2/c1-5-3-6(9)4-10-7(5)11(2)8(12)13/h3-4H,9H2,1-2H3,(H,12,13). The van der Waals surface area contributed by atoms with Gasteiger partial charge in [-0.1, -0.05) is 0 Å². The molecule has 0 aliphatic carbocycles. The molecule has 0 atom stereocenters. The van der Waals surface area contributed by atoms with Crippen molar-refractivity contribution in [2.45, 2.75) is 6.92 Å². The normalized spacial score (nSPS) is 9.69. The monoisotopic (exact) mass is 181 g/mol. The van der Waals surface area contributed by atoms with Crippen molar-refractivity contribution in [3.63, 3.8) is 0 Å². The molecular weight excluding hydrogens is 170 g/mol. The summed E-state index contributed by atoms with van der Waals surface area (Å²) in [5, 5.41) is 8.68. The SMILES string of the molecule is Cc1cc(N)cnc1N(C)C(=O)O. The van der Waals surface area contributed by atoms with E-state index >= 15 is 0 Å². The van der Waals surface area contributed by atoms with Gasteiger partial charge in [0, 0.05) is 7.05 Å². The highest BCUT2D eigenvalue weighted by molar-refractivity contribution is 5.85. The fraction of sp³-hybridized carbons (Fsp3) is 0.250. The summed E-state index contributed by atoms with van der Waals surface area (Å²) in [6, 6.07) is 1.68. The van der Waals surface area contributed by atoms with Crippen LogP contribution in [0, 0.1) is 6.92 Å². The van der Waals surface area contributed by atoms with Gasteiger partial charge in [-0.15, -0.1) is 0 Å². The summed E-state index contributed by atoms with van der Waals surface area (Å²) in [5.74, 6) is 0.404. The topological polar surface area (TPSA) is 79.5 Å². The lowest BCUT2D eigenvalue weighted by Crippen LogP contribution is -2.25. The van der Waals surface area contributed by atoms with Crippen LogP contribution in [0.1, 0.15) is 5.56 Å². The average molecular weight is 181 g/mol. The zero-order chi connectivity index (χ0) is 10.0. The number of hydrogen-bond acceptors (Lipinski definition) is 3. The van der Waals surface area contributed by atoms with Crippen LogP contribution < -0.4 is 10.6 Å². The molecule has 1 aromatic heterocycles. The van der Waals surface area contributed by atoms with Gasteiger partial charge in [0.25, 0.3) is 0 Å². The van der Waals surface area contributed by atoms with E-state index in [9.17, 15) is 4.79 Å². The first-order valence-electron chi connectivity index (χ1n) is 3.71. The molecule has 0 fully saturated rings. The van der Waals surface area contributed by atoms with Crippen molar-refractivity contribution in [3.8, 4) is 0 Å². The van der Waals surface area contributed by atoms with Crippen molar-refractivity contribution in [2.24, 2.45) is 0 Å². The van der Waals surface area contributed by atoms with E-state index < -0.39 is 6.09 Å². The Morgan fingerprint density at radius 1 is 1.69 bits per heavy atom. The first-order valence-corrected chi connectivity index (χ1v) is 3.71. The molecule has 1 aromatic rings. The molecule has 13 heavy (non-hydrogen) atoms. The number of nitrogen functional groups attached to an aromatic ring is 1. The van der Waals surface area contributed by atoms with Gasteiger partial charge in [0.05, 0.1) is 11.9 Å². The minimum Gasteiger partial charge on any atom is -0.465 e. The Kier molecular flexibility index (Phi) is 2.36. The van der Waals surface area contributed by atoms with Gasteiger partial charge in [0.15, 0.2) is 0 Å². The average Bonchev–Trinajstić information content (AvgIpc) is 2.03. The van der Waals surface area contributed by atoms with Gasteiger partial charge >= 0.3 is 6.09 Å². The fourth-order valence-corrected chi connectivity index (χ4v) is 1.03. The molecule has 0 aliphatic heterocycles. The van der Waals surface area contributed by atoms with E-state index in [0.29, 0.717) is 11.5 Å². The number of aryl methyl sites for hydroxylation is 1. The van der Waals surface area contributed by atoms with E-state index in [4.69, 9.17) is 10.8 Å². The molecule has 0 saturated heterocycles. The highest BCUT2D eigenvalue weighted by Crippen LogP contribution is 2.17. The number of anilines is 2. The van der Waals surface area contributed by atoms with Crippen molar-refractivity contribution >= 4 is 17.6 Å². The number of rotatable bonds is 1. The van der Waals surface area contributed by atoms with Crippen LogP contribution in [0.4, 0.5) is 16.3 Å². The van der Waals surface area contributed by atoms with Crippen LogP contribution in [0.5, 0.6) is 0 Å². The number of nitrogens with zero attached hydrogens (tertiary/aromatic N) is 2. The number of carbonyl (C=O) groups is 1. The maximum Gasteiger partial charge on any atom is 0.412 e. The lowest BCUT2D eigenvalue weighted by Gasteiger charge is -2.14. The van der Waals surface area contributed by atoms with Crippen LogP contribution in [0.15, 0.2) is 12.3 Å². The second-order valence-electron chi connectivity index (χ2n) is 2.75. The van der Waals surface area contributed by atoms with Gasteiger partial charge < -0.3 is 10.8 Å². The summed E-state index contributed by atoms with van der Waals surface area (Å²) in [6.45, 7) is 1.76. The smallest absolute Gasteiger partial charge is 0.412 e. The van der Waals surface area contributed by atoms with E-state index in [1.165, 1.54) is 13.2 Å². The maximum absolute atomic E-state index is 10.6. The molecule has 0 bridgehead atoms. The number of aromatic nitrogens is 1. The van der Waals surface area contributed by atoms with E-state index in [-0.39, 0.29) is 0 Å². The Hall–Kier alpha value is -1.78. The van der Waals surface area contributed by atoms with Crippen molar-refractivity contribution in [1.82, 2.24) is 4.98 Å². The lowest BCUT2D eigenvalue weighted by molar-refractivity contribution is 0.203. The summed E-state index contributed by atoms with van der Waals surface area (Å²) < 4.78 is 0. The predicted octanol–water partition coefficient (Wildman–Crippen LogP) is 1.09. The van der Waals surface area contributed by atoms with E-state index in [2.05, 4.69) is 4.98 Å². The first kappa shape index (κ1) is 9.31. The lowest BCUT2D eigenvalue weighted by atomic mass is 10.2. The zero-order valence-corrected chi connectivity index (χ0v) is 7.48. The molecule has 0 unspecified atom stereocenters. The largest absolute Gasteiger partial charge is 0.465 e. The third-order valence-electron chi connectivity index (χ3n) is 1.68. The minimum absolute atomic E-state index is 0.404. The van der Waals surface area contributed by atoms with Crippen LogP contribution >= 0.6 is 0 Å². The highest BCUT2D eigenvalue weighted by atomic mass is 16.4. The molecule has 70 valence electrons. The fourth-order valence-electron chi connectivity index (χ4n) is 1.03. The van der Waals surface area contributed by atoms with Crippen molar-refractivity contribution < 1.29 is 9.90 Å². The zero-order valence-electron chi connectivity index (χ0n) is 7.48. The summed E-state index contributed by atoms with van der Waals surface area (Å²) in [5.41, 5.74) is 6.74. The number of carboxylic acid groups (broad SMARTS) is 1. The Morgan fingerprint density at radius 2 is 2.31 bits per heavy atom. The second-order valence-corrected chi connectivity index (χ2v) is 2.75. The van der Waals surface area contributed by atoms with Crippen LogP contribution in [-0.2, 0) is 0 Å². The molecule has 3 N–H and O–H groups in total. The first-order chi connectivity index (χ1) is 6.02. The van der Waals surface area contributed by atoms with Gasteiger partial charge in [0.1, 0.15) is 5.82 Å².